The first-order valence-electron chi connectivity index (χ1n) is 7.16. The number of amides is 1. The van der Waals surface area contributed by atoms with E-state index in [2.05, 4.69) is 22.4 Å². The number of aromatic nitrogens is 2. The molecule has 5 nitrogen and oxygen atoms in total. The summed E-state index contributed by atoms with van der Waals surface area (Å²) in [5, 5.41) is 7.77. The molecule has 0 radical (unpaired) electrons. The van der Waals surface area contributed by atoms with Gasteiger partial charge >= 0.3 is 0 Å². The maximum atomic E-state index is 12.3. The SMILES string of the molecule is Cc1noc2ncc(C(=O)N[C@@H]3CCC[C@H](C)C3)cc12. The van der Waals surface area contributed by atoms with E-state index >= 15 is 0 Å². The van der Waals surface area contributed by atoms with Crippen LogP contribution in [-0.2, 0) is 0 Å². The van der Waals surface area contributed by atoms with Crippen LogP contribution in [-0.4, -0.2) is 22.1 Å². The highest BCUT2D eigenvalue weighted by Gasteiger charge is 2.21. The zero-order valence-electron chi connectivity index (χ0n) is 11.8. The minimum Gasteiger partial charge on any atom is -0.349 e. The van der Waals surface area contributed by atoms with Crippen LogP contribution in [0.25, 0.3) is 11.1 Å². The molecule has 0 spiro atoms. The molecule has 1 fully saturated rings. The highest BCUT2D eigenvalue weighted by Crippen LogP contribution is 2.24. The second-order valence-electron chi connectivity index (χ2n) is 5.79. The fraction of sp³-hybridized carbons (Fsp3) is 0.533. The quantitative estimate of drug-likeness (QED) is 0.913. The van der Waals surface area contributed by atoms with Gasteiger partial charge in [-0.15, -0.1) is 0 Å². The molecule has 2 atom stereocenters. The molecule has 2 aromatic rings. The fourth-order valence-corrected chi connectivity index (χ4v) is 2.90. The summed E-state index contributed by atoms with van der Waals surface area (Å²) in [6.45, 7) is 4.09. The van der Waals surface area contributed by atoms with Gasteiger partial charge in [-0.2, -0.15) is 0 Å². The Morgan fingerprint density at radius 1 is 1.45 bits per heavy atom. The largest absolute Gasteiger partial charge is 0.349 e. The number of hydrogen-bond donors (Lipinski definition) is 1. The molecule has 1 saturated carbocycles. The molecule has 20 heavy (non-hydrogen) atoms. The van der Waals surface area contributed by atoms with E-state index in [1.54, 1.807) is 12.3 Å². The van der Waals surface area contributed by atoms with Gasteiger partial charge in [-0.1, -0.05) is 24.9 Å². The summed E-state index contributed by atoms with van der Waals surface area (Å²) in [6, 6.07) is 2.08. The summed E-state index contributed by atoms with van der Waals surface area (Å²) >= 11 is 0. The Kier molecular flexibility index (Phi) is 3.42. The fourth-order valence-electron chi connectivity index (χ4n) is 2.90. The van der Waals surface area contributed by atoms with E-state index in [1.165, 1.54) is 12.8 Å². The first-order valence-corrected chi connectivity index (χ1v) is 7.16. The van der Waals surface area contributed by atoms with Crippen molar-refractivity contribution >= 4 is 17.0 Å². The van der Waals surface area contributed by atoms with Crippen LogP contribution >= 0.6 is 0 Å². The molecule has 106 valence electrons. The molecule has 0 aliphatic heterocycles. The number of rotatable bonds is 2. The van der Waals surface area contributed by atoms with Crippen LogP contribution in [0.5, 0.6) is 0 Å². The molecule has 5 heteroatoms. The third kappa shape index (κ3) is 2.53. The molecule has 0 unspecified atom stereocenters. The Labute approximate surface area is 117 Å². The second-order valence-corrected chi connectivity index (χ2v) is 5.79. The molecule has 2 heterocycles. The minimum absolute atomic E-state index is 0.0564. The van der Waals surface area contributed by atoms with Gasteiger partial charge in [0.1, 0.15) is 0 Å². The first-order chi connectivity index (χ1) is 9.63. The lowest BCUT2D eigenvalue weighted by molar-refractivity contribution is 0.0921. The van der Waals surface area contributed by atoms with E-state index in [1.807, 2.05) is 6.92 Å². The summed E-state index contributed by atoms with van der Waals surface area (Å²) in [5.41, 5.74) is 1.81. The number of fused-ring (bicyclic) bond motifs is 1. The van der Waals surface area contributed by atoms with Crippen molar-refractivity contribution in [1.82, 2.24) is 15.5 Å². The number of hydrogen-bond acceptors (Lipinski definition) is 4. The van der Waals surface area contributed by atoms with Crippen LogP contribution < -0.4 is 5.32 Å². The molecular formula is C15H19N3O2. The van der Waals surface area contributed by atoms with Crippen LogP contribution in [0, 0.1) is 12.8 Å². The van der Waals surface area contributed by atoms with Crippen molar-refractivity contribution in [3.05, 3.63) is 23.5 Å². The number of pyridine rings is 1. The lowest BCUT2D eigenvalue weighted by Gasteiger charge is -2.27. The van der Waals surface area contributed by atoms with Crippen LogP contribution in [0.4, 0.5) is 0 Å². The Balaban J connectivity index is 1.76. The Bertz CT molecular complexity index is 635. The van der Waals surface area contributed by atoms with E-state index in [-0.39, 0.29) is 11.9 Å². The van der Waals surface area contributed by atoms with Crippen molar-refractivity contribution in [2.45, 2.75) is 45.6 Å². The maximum absolute atomic E-state index is 12.3. The van der Waals surface area contributed by atoms with Gasteiger partial charge in [0, 0.05) is 12.2 Å². The number of nitrogens with one attached hydrogen (secondary N) is 1. The van der Waals surface area contributed by atoms with Crippen LogP contribution in [0.15, 0.2) is 16.8 Å². The standard InChI is InChI=1S/C15H19N3O2/c1-9-4-3-5-12(6-9)17-14(19)11-7-13-10(2)18-20-15(13)16-8-11/h7-9,12H,3-6H2,1-2H3,(H,17,19)/t9-,12+/m0/s1. The lowest BCUT2D eigenvalue weighted by atomic mass is 9.87. The third-order valence-corrected chi connectivity index (χ3v) is 4.04. The smallest absolute Gasteiger partial charge is 0.257 e. The summed E-state index contributed by atoms with van der Waals surface area (Å²) in [6.07, 6.45) is 6.13. The number of nitrogens with zero attached hydrogens (tertiary/aromatic N) is 2. The van der Waals surface area contributed by atoms with Gasteiger partial charge in [0.05, 0.1) is 16.6 Å². The monoisotopic (exact) mass is 273 g/mol. The molecule has 3 rings (SSSR count). The number of aryl methyl sites for hydroxylation is 1. The Hall–Kier alpha value is -1.91. The molecule has 2 aromatic heterocycles. The lowest BCUT2D eigenvalue weighted by Crippen LogP contribution is -2.38. The predicted octanol–water partition coefficient (Wildman–Crippen LogP) is 2.84. The summed E-state index contributed by atoms with van der Waals surface area (Å²) in [5.74, 6) is 0.633. The van der Waals surface area contributed by atoms with Crippen molar-refractivity contribution in [2.24, 2.45) is 5.92 Å². The van der Waals surface area contributed by atoms with E-state index < -0.39 is 0 Å². The van der Waals surface area contributed by atoms with E-state index in [4.69, 9.17) is 4.52 Å². The van der Waals surface area contributed by atoms with Crippen molar-refractivity contribution in [2.75, 3.05) is 0 Å². The van der Waals surface area contributed by atoms with Crippen molar-refractivity contribution in [3.8, 4) is 0 Å². The normalized spacial score (nSPS) is 22.9. The van der Waals surface area contributed by atoms with E-state index in [9.17, 15) is 4.79 Å². The number of carbonyl (C=O) groups is 1. The summed E-state index contributed by atoms with van der Waals surface area (Å²) in [7, 11) is 0. The Morgan fingerprint density at radius 2 is 2.30 bits per heavy atom. The van der Waals surface area contributed by atoms with Gasteiger partial charge in [0.25, 0.3) is 11.6 Å². The summed E-state index contributed by atoms with van der Waals surface area (Å²) in [4.78, 5) is 16.4. The van der Waals surface area contributed by atoms with E-state index in [0.29, 0.717) is 17.2 Å². The van der Waals surface area contributed by atoms with Crippen LogP contribution in [0.3, 0.4) is 0 Å². The van der Waals surface area contributed by atoms with Gasteiger partial charge in [0.2, 0.25) is 0 Å². The number of carbonyl (C=O) groups excluding carboxylic acids is 1. The topological polar surface area (TPSA) is 68.0 Å². The van der Waals surface area contributed by atoms with Crippen molar-refractivity contribution in [3.63, 3.8) is 0 Å². The van der Waals surface area contributed by atoms with Crippen molar-refractivity contribution < 1.29 is 9.32 Å². The van der Waals surface area contributed by atoms with Gasteiger partial charge < -0.3 is 9.84 Å². The van der Waals surface area contributed by atoms with E-state index in [0.717, 1.165) is 23.9 Å². The van der Waals surface area contributed by atoms with Gasteiger partial charge in [-0.05, 0) is 31.7 Å². The molecule has 1 N–H and O–H groups in total. The highest BCUT2D eigenvalue weighted by atomic mass is 16.5. The van der Waals surface area contributed by atoms with Gasteiger partial charge in [0.15, 0.2) is 0 Å². The minimum atomic E-state index is -0.0564. The second kappa shape index (κ2) is 5.23. The molecular weight excluding hydrogens is 254 g/mol. The first kappa shape index (κ1) is 13.1. The van der Waals surface area contributed by atoms with Crippen LogP contribution in [0.1, 0.15) is 48.7 Å². The van der Waals surface area contributed by atoms with Crippen molar-refractivity contribution in [1.29, 1.82) is 0 Å². The molecule has 1 aliphatic carbocycles. The Morgan fingerprint density at radius 3 is 3.10 bits per heavy atom. The van der Waals surface area contributed by atoms with Gasteiger partial charge in [-0.3, -0.25) is 4.79 Å². The average Bonchev–Trinajstić information content (AvgIpc) is 2.80. The highest BCUT2D eigenvalue weighted by molar-refractivity contribution is 5.97. The van der Waals surface area contributed by atoms with Crippen LogP contribution in [0.2, 0.25) is 0 Å². The molecule has 1 aliphatic rings. The maximum Gasteiger partial charge on any atom is 0.257 e. The zero-order valence-corrected chi connectivity index (χ0v) is 11.8. The predicted molar refractivity (Wildman–Crippen MR) is 75.4 cm³/mol. The summed E-state index contributed by atoms with van der Waals surface area (Å²) < 4.78 is 5.05. The molecule has 0 aromatic carbocycles. The molecule has 1 amide bonds. The third-order valence-electron chi connectivity index (χ3n) is 4.04. The molecule has 0 bridgehead atoms. The average molecular weight is 273 g/mol. The van der Waals surface area contributed by atoms with Gasteiger partial charge in [-0.25, -0.2) is 4.98 Å². The zero-order chi connectivity index (χ0) is 14.1. The molecule has 0 saturated heterocycles.